The molecule has 2 rings (SSSR count). The molecule has 19 heavy (non-hydrogen) atoms. The molecule has 2 saturated heterocycles. The van der Waals surface area contributed by atoms with E-state index >= 15 is 0 Å². The number of ether oxygens (including phenoxy) is 1. The van der Waals surface area contributed by atoms with Gasteiger partial charge in [-0.25, -0.2) is 4.79 Å². The van der Waals surface area contributed by atoms with Gasteiger partial charge in [0.25, 0.3) is 5.91 Å². The first-order valence-electron chi connectivity index (χ1n) is 6.63. The lowest BCUT2D eigenvalue weighted by Crippen LogP contribution is -3.15. The number of amides is 3. The van der Waals surface area contributed by atoms with Crippen LogP contribution >= 0.6 is 0 Å². The Morgan fingerprint density at radius 2 is 2.05 bits per heavy atom. The van der Waals surface area contributed by atoms with E-state index in [9.17, 15) is 14.7 Å². The fourth-order valence-corrected chi connectivity index (χ4v) is 2.46. The summed E-state index contributed by atoms with van der Waals surface area (Å²) in [6, 6.07) is -0.425. The summed E-state index contributed by atoms with van der Waals surface area (Å²) in [4.78, 5) is 26.0. The van der Waals surface area contributed by atoms with Gasteiger partial charge < -0.3 is 20.1 Å². The molecule has 0 radical (unpaired) electrons. The minimum Gasteiger partial charge on any atom is -0.385 e. The largest absolute Gasteiger partial charge is 0.385 e. The quantitative estimate of drug-likeness (QED) is 0.498. The van der Waals surface area contributed by atoms with E-state index < -0.39 is 17.7 Å². The Morgan fingerprint density at radius 3 is 2.58 bits per heavy atom. The molecule has 0 spiro atoms. The minimum atomic E-state index is -0.872. The van der Waals surface area contributed by atoms with Crippen molar-refractivity contribution in [3.05, 3.63) is 0 Å². The zero-order chi connectivity index (χ0) is 14.0. The first kappa shape index (κ1) is 14.2. The van der Waals surface area contributed by atoms with Crippen molar-refractivity contribution in [3.63, 3.8) is 0 Å². The van der Waals surface area contributed by atoms with Gasteiger partial charge in [-0.2, -0.15) is 0 Å². The zero-order valence-corrected chi connectivity index (χ0v) is 11.4. The fourth-order valence-electron chi connectivity index (χ4n) is 2.46. The highest BCUT2D eigenvalue weighted by Crippen LogP contribution is 2.16. The van der Waals surface area contributed by atoms with Crippen molar-refractivity contribution in [2.24, 2.45) is 0 Å². The van der Waals surface area contributed by atoms with Crippen LogP contribution in [0.3, 0.4) is 0 Å². The molecule has 7 nitrogen and oxygen atoms in total. The van der Waals surface area contributed by atoms with Crippen molar-refractivity contribution in [1.29, 1.82) is 0 Å². The number of nitrogens with one attached hydrogen (secondary N) is 2. The maximum atomic E-state index is 12.0. The molecule has 2 aliphatic heterocycles. The van der Waals surface area contributed by atoms with E-state index in [2.05, 4.69) is 5.32 Å². The molecule has 108 valence electrons. The topological polar surface area (TPSA) is 83.3 Å². The van der Waals surface area contributed by atoms with Gasteiger partial charge in [-0.1, -0.05) is 0 Å². The summed E-state index contributed by atoms with van der Waals surface area (Å²) in [5.74, 6) is -0.284. The van der Waals surface area contributed by atoms with Crippen LogP contribution in [0, 0.1) is 0 Å². The molecular weight excluding hydrogens is 250 g/mol. The lowest BCUT2D eigenvalue weighted by atomic mass is 10.1. The molecule has 0 bridgehead atoms. The monoisotopic (exact) mass is 272 g/mol. The molecule has 2 aliphatic rings. The first-order chi connectivity index (χ1) is 8.90. The second-order valence-corrected chi connectivity index (χ2v) is 5.69. The number of rotatable bonds is 4. The predicted octanol–water partition coefficient (Wildman–Crippen LogP) is -2.41. The van der Waals surface area contributed by atoms with Gasteiger partial charge in [-0.05, 0) is 13.8 Å². The van der Waals surface area contributed by atoms with Crippen LogP contribution in [-0.2, 0) is 9.53 Å². The number of aliphatic hydroxyl groups excluding tert-OH is 1. The molecule has 1 unspecified atom stereocenters. The second-order valence-electron chi connectivity index (χ2n) is 5.69. The van der Waals surface area contributed by atoms with E-state index in [0.29, 0.717) is 19.8 Å². The van der Waals surface area contributed by atoms with Gasteiger partial charge in [0, 0.05) is 0 Å². The third-order valence-corrected chi connectivity index (χ3v) is 3.56. The van der Waals surface area contributed by atoms with Crippen LogP contribution in [0.5, 0.6) is 0 Å². The van der Waals surface area contributed by atoms with Gasteiger partial charge in [0.05, 0.1) is 19.8 Å². The van der Waals surface area contributed by atoms with Crippen LogP contribution in [0.2, 0.25) is 0 Å². The van der Waals surface area contributed by atoms with E-state index in [1.54, 1.807) is 13.8 Å². The number of morpholine rings is 1. The van der Waals surface area contributed by atoms with Gasteiger partial charge >= 0.3 is 6.03 Å². The number of imide groups is 1. The van der Waals surface area contributed by atoms with Crippen LogP contribution < -0.4 is 10.2 Å². The Kier molecular flexibility index (Phi) is 4.07. The summed E-state index contributed by atoms with van der Waals surface area (Å²) in [5, 5.41) is 12.6. The Hall–Kier alpha value is -1.18. The van der Waals surface area contributed by atoms with Crippen molar-refractivity contribution in [2.45, 2.75) is 25.5 Å². The highest BCUT2D eigenvalue weighted by molar-refractivity contribution is 6.06. The van der Waals surface area contributed by atoms with Gasteiger partial charge in [-0.3, -0.25) is 9.69 Å². The molecule has 3 N–H and O–H groups in total. The minimum absolute atomic E-state index is 0.0540. The average molecular weight is 272 g/mol. The standard InChI is InChI=1S/C12H21N3O4/c1-12(2)10(17)15(11(18)13-12)8-9(16)7-14-3-5-19-6-4-14/h9,16H,3-8H2,1-2H3,(H,13,18)/p+1. The third-order valence-electron chi connectivity index (χ3n) is 3.56. The van der Waals surface area contributed by atoms with Crippen LogP contribution in [-0.4, -0.2) is 73.0 Å². The zero-order valence-electron chi connectivity index (χ0n) is 11.4. The summed E-state index contributed by atoms with van der Waals surface area (Å²) < 4.78 is 5.25. The smallest absolute Gasteiger partial charge is 0.325 e. The SMILES string of the molecule is CC1(C)NC(=O)N(CC(O)C[NH+]2CCOCC2)C1=O. The van der Waals surface area contributed by atoms with Gasteiger partial charge in [0.2, 0.25) is 0 Å². The van der Waals surface area contributed by atoms with E-state index in [1.165, 1.54) is 4.90 Å². The third kappa shape index (κ3) is 3.23. The van der Waals surface area contributed by atoms with Crippen molar-refractivity contribution in [2.75, 3.05) is 39.4 Å². The number of carbonyl (C=O) groups excluding carboxylic acids is 2. The van der Waals surface area contributed by atoms with Crippen molar-refractivity contribution in [1.82, 2.24) is 10.2 Å². The summed E-state index contributed by atoms with van der Waals surface area (Å²) >= 11 is 0. The Balaban J connectivity index is 1.86. The van der Waals surface area contributed by atoms with Gasteiger partial charge in [0.15, 0.2) is 0 Å². The summed E-state index contributed by atoms with van der Waals surface area (Å²) in [5.41, 5.74) is -0.872. The van der Waals surface area contributed by atoms with Crippen molar-refractivity contribution >= 4 is 11.9 Å². The molecule has 3 amide bonds. The average Bonchev–Trinajstić information content (AvgIpc) is 2.53. The maximum Gasteiger partial charge on any atom is 0.325 e. The van der Waals surface area contributed by atoms with Crippen molar-refractivity contribution < 1.29 is 24.3 Å². The molecule has 0 saturated carbocycles. The van der Waals surface area contributed by atoms with Gasteiger partial charge in [-0.15, -0.1) is 0 Å². The van der Waals surface area contributed by atoms with E-state index in [0.717, 1.165) is 18.0 Å². The number of aliphatic hydroxyl groups is 1. The first-order valence-corrected chi connectivity index (χ1v) is 6.63. The lowest BCUT2D eigenvalue weighted by Gasteiger charge is -2.27. The van der Waals surface area contributed by atoms with E-state index in [1.807, 2.05) is 0 Å². The Morgan fingerprint density at radius 1 is 1.42 bits per heavy atom. The molecule has 0 aromatic carbocycles. The number of carbonyl (C=O) groups is 2. The number of hydrogen-bond acceptors (Lipinski definition) is 4. The highest BCUT2D eigenvalue weighted by Gasteiger charge is 2.44. The predicted molar refractivity (Wildman–Crippen MR) is 66.7 cm³/mol. The Labute approximate surface area is 112 Å². The number of quaternary nitrogens is 1. The van der Waals surface area contributed by atoms with E-state index in [-0.39, 0.29) is 12.5 Å². The summed E-state index contributed by atoms with van der Waals surface area (Å²) in [7, 11) is 0. The van der Waals surface area contributed by atoms with E-state index in [4.69, 9.17) is 4.74 Å². The maximum absolute atomic E-state index is 12.0. The Bertz CT molecular complexity index is 366. The molecule has 0 aliphatic carbocycles. The summed E-state index contributed by atoms with van der Waals surface area (Å²) in [6.07, 6.45) is -0.698. The fraction of sp³-hybridized carbons (Fsp3) is 0.833. The lowest BCUT2D eigenvalue weighted by molar-refractivity contribution is -0.910. The molecule has 0 aromatic rings. The second kappa shape index (κ2) is 5.44. The normalized spacial score (nSPS) is 25.5. The van der Waals surface area contributed by atoms with Crippen LogP contribution in [0.15, 0.2) is 0 Å². The molecular formula is C12H22N3O4+. The van der Waals surface area contributed by atoms with Crippen LogP contribution in [0.1, 0.15) is 13.8 Å². The van der Waals surface area contributed by atoms with Crippen LogP contribution in [0.4, 0.5) is 4.79 Å². The molecule has 1 atom stereocenters. The van der Waals surface area contributed by atoms with Gasteiger partial charge in [0.1, 0.15) is 31.3 Å². The summed E-state index contributed by atoms with van der Waals surface area (Å²) in [6.45, 7) is 6.99. The number of urea groups is 1. The van der Waals surface area contributed by atoms with Crippen molar-refractivity contribution in [3.8, 4) is 0 Å². The number of hydrogen-bond donors (Lipinski definition) is 3. The highest BCUT2D eigenvalue weighted by atomic mass is 16.5. The molecule has 0 aromatic heterocycles. The van der Waals surface area contributed by atoms with Crippen LogP contribution in [0.25, 0.3) is 0 Å². The molecule has 2 fully saturated rings. The number of nitrogens with zero attached hydrogens (tertiary/aromatic N) is 1. The molecule has 2 heterocycles. The number of β-amino-alcohol motifs (C(OH)–C–C–N with tert-alkyl or cyclic N) is 1. The molecule has 7 heteroatoms.